The molecule has 1 aromatic carbocycles. The van der Waals surface area contributed by atoms with E-state index in [4.69, 9.17) is 0 Å². The number of aromatic nitrogens is 1. The average Bonchev–Trinajstić information content (AvgIpc) is 3.02. The second-order valence-corrected chi connectivity index (χ2v) is 5.70. The molecule has 1 aliphatic rings. The Kier molecular flexibility index (Phi) is 3.49. The molecule has 4 nitrogen and oxygen atoms in total. The van der Waals surface area contributed by atoms with Gasteiger partial charge in [0.15, 0.2) is 0 Å². The van der Waals surface area contributed by atoms with Crippen LogP contribution in [0.4, 0.5) is 0 Å². The summed E-state index contributed by atoms with van der Waals surface area (Å²) in [6.07, 6.45) is 4.95. The van der Waals surface area contributed by atoms with Gasteiger partial charge in [0.1, 0.15) is 5.69 Å². The number of aromatic amines is 1. The van der Waals surface area contributed by atoms with Crippen molar-refractivity contribution < 1.29 is 9.90 Å². The van der Waals surface area contributed by atoms with E-state index < -0.39 is 5.97 Å². The quantitative estimate of drug-likeness (QED) is 0.800. The highest BCUT2D eigenvalue weighted by atomic mass is 16.4. The molecular weight excluding hydrogens is 252 g/mol. The van der Waals surface area contributed by atoms with Crippen LogP contribution in [0.1, 0.15) is 47.3 Å². The molecule has 1 heterocycles. The molecule has 1 fully saturated rings. The van der Waals surface area contributed by atoms with Crippen molar-refractivity contribution in [2.45, 2.75) is 45.2 Å². The number of benzene rings is 1. The van der Waals surface area contributed by atoms with Crippen LogP contribution in [-0.2, 0) is 6.54 Å². The second-order valence-electron chi connectivity index (χ2n) is 5.70. The summed E-state index contributed by atoms with van der Waals surface area (Å²) in [7, 11) is 0. The largest absolute Gasteiger partial charge is 0.477 e. The molecule has 1 aromatic heterocycles. The monoisotopic (exact) mass is 272 g/mol. The van der Waals surface area contributed by atoms with Gasteiger partial charge in [0.2, 0.25) is 0 Å². The number of nitrogens with one attached hydrogen (secondary N) is 2. The smallest absolute Gasteiger partial charge is 0.352 e. The standard InChI is InChI=1S/C16H20N2O2/c1-10-6-7-12-13(9-17-11-4-2-3-5-11)15(16(19)20)18-14(12)8-10/h6-8,11,17-18H,2-5,9H2,1H3,(H,19,20). The minimum Gasteiger partial charge on any atom is -0.477 e. The van der Waals surface area contributed by atoms with Crippen molar-refractivity contribution in [3.8, 4) is 0 Å². The fourth-order valence-electron chi connectivity index (χ4n) is 3.11. The topological polar surface area (TPSA) is 65.1 Å². The van der Waals surface area contributed by atoms with Crippen LogP contribution in [0.3, 0.4) is 0 Å². The molecule has 4 heteroatoms. The van der Waals surface area contributed by atoms with Crippen molar-refractivity contribution in [2.75, 3.05) is 0 Å². The number of H-pyrrole nitrogens is 1. The zero-order valence-electron chi connectivity index (χ0n) is 11.7. The Labute approximate surface area is 118 Å². The molecule has 20 heavy (non-hydrogen) atoms. The summed E-state index contributed by atoms with van der Waals surface area (Å²) in [6.45, 7) is 2.63. The average molecular weight is 272 g/mol. The van der Waals surface area contributed by atoms with E-state index in [1.165, 1.54) is 25.7 Å². The highest BCUT2D eigenvalue weighted by Gasteiger charge is 2.19. The number of carboxylic acid groups (broad SMARTS) is 1. The molecule has 0 atom stereocenters. The van der Waals surface area contributed by atoms with E-state index >= 15 is 0 Å². The molecule has 3 N–H and O–H groups in total. The predicted molar refractivity (Wildman–Crippen MR) is 79.1 cm³/mol. The Morgan fingerprint density at radius 3 is 2.85 bits per heavy atom. The number of aromatic carboxylic acids is 1. The van der Waals surface area contributed by atoms with Crippen LogP contribution in [0, 0.1) is 6.92 Å². The number of fused-ring (bicyclic) bond motifs is 1. The highest BCUT2D eigenvalue weighted by Crippen LogP contribution is 2.25. The molecule has 0 radical (unpaired) electrons. The van der Waals surface area contributed by atoms with Crippen molar-refractivity contribution in [3.63, 3.8) is 0 Å². The normalized spacial score (nSPS) is 16.1. The molecule has 3 rings (SSSR count). The summed E-state index contributed by atoms with van der Waals surface area (Å²) in [6, 6.07) is 6.58. The van der Waals surface area contributed by atoms with Crippen molar-refractivity contribution >= 4 is 16.9 Å². The SMILES string of the molecule is Cc1ccc2c(CNC3CCCC3)c(C(=O)O)[nH]c2c1. The van der Waals surface area contributed by atoms with E-state index in [9.17, 15) is 9.90 Å². The van der Waals surface area contributed by atoms with Gasteiger partial charge in [-0.2, -0.15) is 0 Å². The maximum atomic E-state index is 11.4. The molecule has 106 valence electrons. The first-order chi connectivity index (χ1) is 9.65. The van der Waals surface area contributed by atoms with Crippen LogP contribution in [0.15, 0.2) is 18.2 Å². The van der Waals surface area contributed by atoms with E-state index in [1.54, 1.807) is 0 Å². The third-order valence-corrected chi connectivity index (χ3v) is 4.20. The first-order valence-corrected chi connectivity index (χ1v) is 7.23. The number of rotatable bonds is 4. The minimum atomic E-state index is -0.887. The lowest BCUT2D eigenvalue weighted by molar-refractivity contribution is 0.0690. The lowest BCUT2D eigenvalue weighted by Gasteiger charge is -2.11. The van der Waals surface area contributed by atoms with Gasteiger partial charge < -0.3 is 15.4 Å². The fourth-order valence-corrected chi connectivity index (χ4v) is 3.11. The van der Waals surface area contributed by atoms with E-state index in [0.29, 0.717) is 18.3 Å². The number of hydrogen-bond acceptors (Lipinski definition) is 2. The molecule has 2 aromatic rings. The molecule has 0 amide bonds. The van der Waals surface area contributed by atoms with Gasteiger partial charge in [-0.3, -0.25) is 0 Å². The molecule has 1 aliphatic carbocycles. The molecular formula is C16H20N2O2. The van der Waals surface area contributed by atoms with Crippen molar-refractivity contribution in [3.05, 3.63) is 35.0 Å². The lowest BCUT2D eigenvalue weighted by atomic mass is 10.1. The van der Waals surface area contributed by atoms with Crippen LogP contribution < -0.4 is 5.32 Å². The second kappa shape index (κ2) is 5.29. The summed E-state index contributed by atoms with van der Waals surface area (Å²) in [5.41, 5.74) is 3.23. The fraction of sp³-hybridized carbons (Fsp3) is 0.438. The Balaban J connectivity index is 1.93. The van der Waals surface area contributed by atoms with Gasteiger partial charge in [-0.25, -0.2) is 4.79 Å². The lowest BCUT2D eigenvalue weighted by Crippen LogP contribution is -2.26. The Hall–Kier alpha value is -1.81. The van der Waals surface area contributed by atoms with Crippen LogP contribution in [0.25, 0.3) is 10.9 Å². The zero-order chi connectivity index (χ0) is 14.1. The molecule has 0 aliphatic heterocycles. The Morgan fingerprint density at radius 2 is 2.15 bits per heavy atom. The van der Waals surface area contributed by atoms with Crippen molar-refractivity contribution in [2.24, 2.45) is 0 Å². The first-order valence-electron chi connectivity index (χ1n) is 7.23. The molecule has 0 unspecified atom stereocenters. The third kappa shape index (κ3) is 2.43. The maximum absolute atomic E-state index is 11.4. The summed E-state index contributed by atoms with van der Waals surface area (Å²) in [4.78, 5) is 14.5. The van der Waals surface area contributed by atoms with Crippen LogP contribution in [0.5, 0.6) is 0 Å². The van der Waals surface area contributed by atoms with Crippen LogP contribution in [0.2, 0.25) is 0 Å². The molecule has 0 bridgehead atoms. The van der Waals surface area contributed by atoms with Crippen molar-refractivity contribution in [1.82, 2.24) is 10.3 Å². The first kappa shape index (κ1) is 13.2. The van der Waals surface area contributed by atoms with Gasteiger partial charge in [0, 0.05) is 29.1 Å². The number of hydrogen-bond donors (Lipinski definition) is 3. The molecule has 1 saturated carbocycles. The molecule has 0 saturated heterocycles. The Morgan fingerprint density at radius 1 is 1.40 bits per heavy atom. The van der Waals surface area contributed by atoms with Gasteiger partial charge in [-0.05, 0) is 31.4 Å². The molecule has 0 spiro atoms. The number of aryl methyl sites for hydroxylation is 1. The summed E-state index contributed by atoms with van der Waals surface area (Å²) in [5, 5.41) is 13.9. The van der Waals surface area contributed by atoms with Gasteiger partial charge >= 0.3 is 5.97 Å². The number of carboxylic acids is 1. The van der Waals surface area contributed by atoms with E-state index in [1.807, 2.05) is 25.1 Å². The summed E-state index contributed by atoms with van der Waals surface area (Å²) in [5.74, 6) is -0.887. The third-order valence-electron chi connectivity index (χ3n) is 4.20. The van der Waals surface area contributed by atoms with Crippen molar-refractivity contribution in [1.29, 1.82) is 0 Å². The summed E-state index contributed by atoms with van der Waals surface area (Å²) >= 11 is 0. The zero-order valence-corrected chi connectivity index (χ0v) is 11.7. The van der Waals surface area contributed by atoms with Crippen LogP contribution >= 0.6 is 0 Å². The van der Waals surface area contributed by atoms with Gasteiger partial charge in [-0.1, -0.05) is 25.0 Å². The Bertz CT molecular complexity index is 639. The van der Waals surface area contributed by atoms with Gasteiger partial charge in [0.05, 0.1) is 0 Å². The van der Waals surface area contributed by atoms with Crippen LogP contribution in [-0.4, -0.2) is 22.1 Å². The van der Waals surface area contributed by atoms with E-state index in [-0.39, 0.29) is 0 Å². The van der Waals surface area contributed by atoms with Gasteiger partial charge in [0.25, 0.3) is 0 Å². The maximum Gasteiger partial charge on any atom is 0.352 e. The van der Waals surface area contributed by atoms with Gasteiger partial charge in [-0.15, -0.1) is 0 Å². The highest BCUT2D eigenvalue weighted by molar-refractivity contribution is 5.97. The van der Waals surface area contributed by atoms with E-state index in [0.717, 1.165) is 22.0 Å². The number of carbonyl (C=O) groups is 1. The van der Waals surface area contributed by atoms with E-state index in [2.05, 4.69) is 10.3 Å². The predicted octanol–water partition coefficient (Wildman–Crippen LogP) is 3.21. The summed E-state index contributed by atoms with van der Waals surface area (Å²) < 4.78 is 0. The minimum absolute atomic E-state index is 0.316.